The van der Waals surface area contributed by atoms with E-state index in [4.69, 9.17) is 5.73 Å². The topological polar surface area (TPSA) is 56.7 Å². The first kappa shape index (κ1) is 9.54. The van der Waals surface area contributed by atoms with Crippen LogP contribution in [-0.4, -0.2) is 21.0 Å². The Balaban J connectivity index is 3.07. The second-order valence-electron chi connectivity index (χ2n) is 2.77. The normalized spacial score (nSPS) is 11.1. The molecule has 0 spiro atoms. The lowest BCUT2D eigenvalue weighted by molar-refractivity contribution is 0.526. The molecule has 0 bridgehead atoms. The largest absolute Gasteiger partial charge is 0.324 e. The first-order valence-electron chi connectivity index (χ1n) is 3.88. The second kappa shape index (κ2) is 3.91. The van der Waals surface area contributed by atoms with Gasteiger partial charge in [-0.05, 0) is 20.1 Å². The van der Waals surface area contributed by atoms with Crippen LogP contribution in [0.5, 0.6) is 0 Å². The monoisotopic (exact) mass is 186 g/mol. The van der Waals surface area contributed by atoms with Gasteiger partial charge < -0.3 is 10.3 Å². The highest BCUT2D eigenvalue weighted by Gasteiger charge is 2.11. The van der Waals surface area contributed by atoms with Crippen LogP contribution in [0.4, 0.5) is 0 Å². The Labute approximate surface area is 76.5 Å². The van der Waals surface area contributed by atoms with Crippen LogP contribution < -0.4 is 5.73 Å². The molecule has 0 radical (unpaired) electrons. The van der Waals surface area contributed by atoms with Crippen molar-refractivity contribution in [2.24, 2.45) is 5.73 Å². The molecule has 1 aromatic rings. The third kappa shape index (κ3) is 1.61. The summed E-state index contributed by atoms with van der Waals surface area (Å²) in [5, 5.41) is 8.95. The van der Waals surface area contributed by atoms with Gasteiger partial charge in [0.2, 0.25) is 0 Å². The standard InChI is InChI=1S/C7H14N4S/c1-5(2)11-6(4-8)9-10-7(11)12-3/h5H,4,8H2,1-3H3. The van der Waals surface area contributed by atoms with E-state index in [0.29, 0.717) is 12.6 Å². The number of nitrogens with zero attached hydrogens (tertiary/aromatic N) is 3. The number of nitrogens with two attached hydrogens (primary N) is 1. The Morgan fingerprint density at radius 3 is 2.58 bits per heavy atom. The number of thioether (sulfide) groups is 1. The molecule has 0 saturated carbocycles. The van der Waals surface area contributed by atoms with E-state index >= 15 is 0 Å². The fraction of sp³-hybridized carbons (Fsp3) is 0.714. The van der Waals surface area contributed by atoms with Gasteiger partial charge >= 0.3 is 0 Å². The van der Waals surface area contributed by atoms with E-state index in [1.165, 1.54) is 0 Å². The molecular weight excluding hydrogens is 172 g/mol. The van der Waals surface area contributed by atoms with Crippen molar-refractivity contribution in [3.8, 4) is 0 Å². The molecule has 1 aromatic heterocycles. The molecular formula is C7H14N4S. The van der Waals surface area contributed by atoms with Crippen LogP contribution >= 0.6 is 11.8 Å². The van der Waals surface area contributed by atoms with Crippen molar-refractivity contribution in [1.82, 2.24) is 14.8 Å². The second-order valence-corrected chi connectivity index (χ2v) is 3.54. The van der Waals surface area contributed by atoms with Gasteiger partial charge in [0.15, 0.2) is 5.16 Å². The van der Waals surface area contributed by atoms with E-state index in [-0.39, 0.29) is 0 Å². The molecule has 12 heavy (non-hydrogen) atoms. The van der Waals surface area contributed by atoms with Gasteiger partial charge in [-0.3, -0.25) is 0 Å². The van der Waals surface area contributed by atoms with E-state index < -0.39 is 0 Å². The smallest absolute Gasteiger partial charge is 0.191 e. The number of hydrogen-bond acceptors (Lipinski definition) is 4. The molecule has 68 valence electrons. The predicted octanol–water partition coefficient (Wildman–Crippen LogP) is 1.04. The van der Waals surface area contributed by atoms with Crippen molar-refractivity contribution in [1.29, 1.82) is 0 Å². The van der Waals surface area contributed by atoms with Gasteiger partial charge in [-0.15, -0.1) is 10.2 Å². The highest BCUT2D eigenvalue weighted by molar-refractivity contribution is 7.98. The van der Waals surface area contributed by atoms with Crippen LogP contribution in [0, 0.1) is 0 Å². The van der Waals surface area contributed by atoms with Gasteiger partial charge in [0.05, 0.1) is 6.54 Å². The lowest BCUT2D eigenvalue weighted by Gasteiger charge is -2.11. The lowest BCUT2D eigenvalue weighted by atomic mass is 10.4. The first-order chi connectivity index (χ1) is 5.70. The van der Waals surface area contributed by atoms with Crippen molar-refractivity contribution < 1.29 is 0 Å². The van der Waals surface area contributed by atoms with Gasteiger partial charge in [0, 0.05) is 6.04 Å². The molecule has 0 fully saturated rings. The molecule has 0 amide bonds. The maximum Gasteiger partial charge on any atom is 0.191 e. The van der Waals surface area contributed by atoms with Crippen molar-refractivity contribution in [3.05, 3.63) is 5.82 Å². The molecule has 0 aliphatic carbocycles. The van der Waals surface area contributed by atoms with E-state index in [0.717, 1.165) is 11.0 Å². The summed E-state index contributed by atoms with van der Waals surface area (Å²) >= 11 is 1.59. The summed E-state index contributed by atoms with van der Waals surface area (Å²) < 4.78 is 2.06. The zero-order valence-corrected chi connectivity index (χ0v) is 8.43. The Morgan fingerprint density at radius 2 is 2.17 bits per heavy atom. The Bertz CT molecular complexity index is 234. The Hall–Kier alpha value is -0.550. The number of hydrogen-bond donors (Lipinski definition) is 1. The van der Waals surface area contributed by atoms with Crippen LogP contribution in [0.2, 0.25) is 0 Å². The van der Waals surface area contributed by atoms with Crippen LogP contribution in [0.25, 0.3) is 0 Å². The number of rotatable bonds is 3. The minimum atomic E-state index is 0.376. The minimum absolute atomic E-state index is 0.376. The van der Waals surface area contributed by atoms with E-state index in [1.54, 1.807) is 11.8 Å². The van der Waals surface area contributed by atoms with Gasteiger partial charge in [0.1, 0.15) is 5.82 Å². The fourth-order valence-electron chi connectivity index (χ4n) is 1.10. The van der Waals surface area contributed by atoms with Crippen LogP contribution in [-0.2, 0) is 6.54 Å². The maximum atomic E-state index is 5.52. The summed E-state index contributed by atoms with van der Waals surface area (Å²) in [4.78, 5) is 0. The summed E-state index contributed by atoms with van der Waals surface area (Å²) in [6.07, 6.45) is 1.99. The van der Waals surface area contributed by atoms with Crippen molar-refractivity contribution in [2.45, 2.75) is 31.6 Å². The maximum absolute atomic E-state index is 5.52. The third-order valence-corrected chi connectivity index (χ3v) is 2.26. The van der Waals surface area contributed by atoms with Crippen molar-refractivity contribution in [3.63, 3.8) is 0 Å². The Kier molecular flexibility index (Phi) is 3.11. The molecule has 0 aliphatic heterocycles. The van der Waals surface area contributed by atoms with Gasteiger partial charge in [-0.25, -0.2) is 0 Å². The first-order valence-corrected chi connectivity index (χ1v) is 5.11. The third-order valence-electron chi connectivity index (χ3n) is 1.62. The van der Waals surface area contributed by atoms with E-state index in [1.807, 2.05) is 6.26 Å². The molecule has 1 rings (SSSR count). The van der Waals surface area contributed by atoms with E-state index in [9.17, 15) is 0 Å². The highest BCUT2D eigenvalue weighted by atomic mass is 32.2. The molecule has 0 aliphatic rings. The average Bonchev–Trinajstić information content (AvgIpc) is 2.46. The van der Waals surface area contributed by atoms with Gasteiger partial charge in [-0.1, -0.05) is 11.8 Å². The number of aromatic nitrogens is 3. The van der Waals surface area contributed by atoms with Crippen LogP contribution in [0.15, 0.2) is 5.16 Å². The summed E-state index contributed by atoms with van der Waals surface area (Å²) in [6, 6.07) is 0.376. The molecule has 1 heterocycles. The molecule has 0 aromatic carbocycles. The van der Waals surface area contributed by atoms with Gasteiger partial charge in [-0.2, -0.15) is 0 Å². The fourth-order valence-corrected chi connectivity index (χ4v) is 1.74. The van der Waals surface area contributed by atoms with Crippen molar-refractivity contribution in [2.75, 3.05) is 6.26 Å². The molecule has 2 N–H and O–H groups in total. The molecule has 0 saturated heterocycles. The average molecular weight is 186 g/mol. The predicted molar refractivity (Wildman–Crippen MR) is 50.1 cm³/mol. The lowest BCUT2D eigenvalue weighted by Crippen LogP contribution is -2.11. The minimum Gasteiger partial charge on any atom is -0.324 e. The summed E-state index contributed by atoms with van der Waals surface area (Å²) in [5.41, 5.74) is 5.52. The summed E-state index contributed by atoms with van der Waals surface area (Å²) in [7, 11) is 0. The highest BCUT2D eigenvalue weighted by Crippen LogP contribution is 2.18. The SMILES string of the molecule is CSc1nnc(CN)n1C(C)C. The van der Waals surface area contributed by atoms with Crippen molar-refractivity contribution >= 4 is 11.8 Å². The molecule has 5 heteroatoms. The zero-order valence-electron chi connectivity index (χ0n) is 7.61. The summed E-state index contributed by atoms with van der Waals surface area (Å²) in [6.45, 7) is 4.65. The van der Waals surface area contributed by atoms with Crippen LogP contribution in [0.1, 0.15) is 25.7 Å². The van der Waals surface area contributed by atoms with Crippen LogP contribution in [0.3, 0.4) is 0 Å². The molecule has 0 atom stereocenters. The summed E-state index contributed by atoms with van der Waals surface area (Å²) in [5.74, 6) is 0.856. The Morgan fingerprint density at radius 1 is 1.50 bits per heavy atom. The molecule has 4 nitrogen and oxygen atoms in total. The quantitative estimate of drug-likeness (QED) is 0.717. The van der Waals surface area contributed by atoms with E-state index in [2.05, 4.69) is 28.6 Å². The molecule has 0 unspecified atom stereocenters. The van der Waals surface area contributed by atoms with Gasteiger partial charge in [0.25, 0.3) is 0 Å². The zero-order chi connectivity index (χ0) is 9.14.